The predicted octanol–water partition coefficient (Wildman–Crippen LogP) is 2.55. The van der Waals surface area contributed by atoms with Crippen LogP contribution in [0.5, 0.6) is 0 Å². The van der Waals surface area contributed by atoms with Crippen molar-refractivity contribution in [3.05, 3.63) is 76.3 Å². The number of carbonyl (C=O) groups excluding carboxylic acids is 2. The Labute approximate surface area is 197 Å². The van der Waals surface area contributed by atoms with Crippen LogP contribution in [0.25, 0.3) is 0 Å². The van der Waals surface area contributed by atoms with Gasteiger partial charge < -0.3 is 5.32 Å². The van der Waals surface area contributed by atoms with Gasteiger partial charge in [0, 0.05) is 23.6 Å². The van der Waals surface area contributed by atoms with E-state index < -0.39 is 5.56 Å². The lowest BCUT2D eigenvalue weighted by Crippen LogP contribution is -2.53. The number of nitrogens with one attached hydrogen (secondary N) is 3. The van der Waals surface area contributed by atoms with E-state index in [-0.39, 0.29) is 47.3 Å². The fourth-order valence-electron chi connectivity index (χ4n) is 3.84. The second kappa shape index (κ2) is 9.46. The Bertz CT molecular complexity index is 1270. The van der Waals surface area contributed by atoms with E-state index >= 15 is 0 Å². The Balaban J connectivity index is 1.68. The van der Waals surface area contributed by atoms with Gasteiger partial charge in [-0.25, -0.2) is 0 Å². The molecule has 0 saturated carbocycles. The number of nitrogens with zero attached hydrogens (tertiary/aromatic N) is 3. The van der Waals surface area contributed by atoms with E-state index in [0.29, 0.717) is 12.1 Å². The normalized spacial score (nSPS) is 17.1. The molecule has 0 saturated heterocycles. The highest BCUT2D eigenvalue weighted by Gasteiger charge is 2.37. The smallest absolute Gasteiger partial charge is 0.278 e. The fourth-order valence-corrected chi connectivity index (χ4v) is 3.84. The molecule has 3 aromatic rings. The van der Waals surface area contributed by atoms with Crippen molar-refractivity contribution in [3.8, 4) is 0 Å². The molecule has 9 heteroatoms. The monoisotopic (exact) mass is 461 g/mol. The second-order valence-corrected chi connectivity index (χ2v) is 8.86. The van der Waals surface area contributed by atoms with Crippen molar-refractivity contribution in [1.29, 1.82) is 0 Å². The summed E-state index contributed by atoms with van der Waals surface area (Å²) in [5.41, 5.74) is 1.21. The topological polar surface area (TPSA) is 111 Å². The molecule has 2 amide bonds. The number of H-pyrrole nitrogens is 1. The van der Waals surface area contributed by atoms with Crippen molar-refractivity contribution in [1.82, 2.24) is 9.97 Å². The quantitative estimate of drug-likeness (QED) is 0.506. The number of anilines is 3. The number of amides is 2. The van der Waals surface area contributed by atoms with Gasteiger partial charge in [-0.2, -0.15) is 9.55 Å². The summed E-state index contributed by atoms with van der Waals surface area (Å²) in [5.74, 6) is -0.525. The number of benzene rings is 1. The van der Waals surface area contributed by atoms with Crippen LogP contribution in [0.1, 0.15) is 43.6 Å². The molecule has 2 aromatic heterocycles. The number of rotatable bonds is 5. The van der Waals surface area contributed by atoms with E-state index in [1.54, 1.807) is 26.1 Å². The highest BCUT2D eigenvalue weighted by atomic mass is 16.2. The van der Waals surface area contributed by atoms with Gasteiger partial charge in [-0.15, -0.1) is 0 Å². The molecule has 0 bridgehead atoms. The van der Waals surface area contributed by atoms with Crippen molar-refractivity contribution in [2.24, 2.45) is 5.92 Å². The molecule has 9 nitrogen and oxygen atoms in total. The first kappa shape index (κ1) is 23.2. The third kappa shape index (κ3) is 4.68. The largest absolute Gasteiger partial charge is 0.364 e. The van der Waals surface area contributed by atoms with Gasteiger partial charge in [0.2, 0.25) is 11.9 Å². The Morgan fingerprint density at radius 3 is 2.59 bits per heavy atom. The van der Waals surface area contributed by atoms with Crippen LogP contribution < -0.4 is 25.7 Å². The summed E-state index contributed by atoms with van der Waals surface area (Å²) < 4.78 is 1.94. The summed E-state index contributed by atoms with van der Waals surface area (Å²) in [6.07, 6.45) is 3.69. The first-order chi connectivity index (χ1) is 16.2. The molecule has 176 valence electrons. The van der Waals surface area contributed by atoms with Gasteiger partial charge in [-0.05, 0) is 19.9 Å². The Hall–Kier alpha value is -4.01. The van der Waals surface area contributed by atoms with Crippen LogP contribution in [0.2, 0.25) is 0 Å². The summed E-state index contributed by atoms with van der Waals surface area (Å²) in [6.45, 7) is 7.92. The van der Waals surface area contributed by atoms with E-state index in [2.05, 4.69) is 20.6 Å². The third-order valence-corrected chi connectivity index (χ3v) is 5.93. The van der Waals surface area contributed by atoms with Crippen LogP contribution in [0.3, 0.4) is 0 Å². The van der Waals surface area contributed by atoms with Crippen LogP contribution in [0.4, 0.5) is 17.5 Å². The van der Waals surface area contributed by atoms with Crippen LogP contribution in [0, 0.1) is 5.92 Å². The molecule has 3 N–H and O–H groups in total. The number of fused-ring (bicyclic) bond motifs is 1. The first-order valence-electron chi connectivity index (χ1n) is 11.3. The minimum absolute atomic E-state index is 0.0458. The summed E-state index contributed by atoms with van der Waals surface area (Å²) in [6, 6.07) is 13.1. The van der Waals surface area contributed by atoms with E-state index in [0.717, 1.165) is 5.56 Å². The number of hydrogen-bond donors (Lipinski definition) is 3. The van der Waals surface area contributed by atoms with E-state index in [1.807, 2.05) is 61.0 Å². The molecule has 0 unspecified atom stereocenters. The Kier molecular flexibility index (Phi) is 6.45. The molecule has 1 aliphatic rings. The zero-order chi connectivity index (χ0) is 24.4. The van der Waals surface area contributed by atoms with Crippen molar-refractivity contribution in [2.45, 2.75) is 46.3 Å². The summed E-state index contributed by atoms with van der Waals surface area (Å²) in [7, 11) is 0. The molecule has 0 fully saturated rings. The summed E-state index contributed by atoms with van der Waals surface area (Å²) in [5, 5.41) is 5.80. The van der Waals surface area contributed by atoms with Gasteiger partial charge in [0.1, 0.15) is 5.56 Å². The number of hydrogen-bond acceptors (Lipinski definition) is 5. The van der Waals surface area contributed by atoms with Gasteiger partial charge in [-0.1, -0.05) is 44.2 Å². The molecule has 0 aliphatic carbocycles. The number of pyridine rings is 1. The standard InChI is InChI=1S/C25H28N6O3/c1-15(2)22(32)28-25-27-21-20(23(33)29-25)31(17(4)16(3)26-21)24(34)19-11-8-12-30(14-19)13-18-9-6-5-7-10-18/h5-12,14-17H,13H2,1-4H3,(H2-,26,27,28,29,32,33)/p+1/t16-,17+/m1/s1. The zero-order valence-electron chi connectivity index (χ0n) is 19.7. The SMILES string of the molecule is CC(C)C(=O)Nc1nc2c(c(=O)[nH]1)N(C(=O)c1ccc[n+](Cc3ccccc3)c1)[C@@H](C)[C@@H](C)N2. The molecule has 34 heavy (non-hydrogen) atoms. The molecule has 0 spiro atoms. The average molecular weight is 462 g/mol. The Morgan fingerprint density at radius 2 is 1.88 bits per heavy atom. The molecular weight excluding hydrogens is 432 g/mol. The molecule has 1 aliphatic heterocycles. The minimum atomic E-state index is -0.503. The molecule has 0 radical (unpaired) electrons. The maximum absolute atomic E-state index is 13.7. The average Bonchev–Trinajstić information content (AvgIpc) is 2.80. The van der Waals surface area contributed by atoms with Crippen LogP contribution >= 0.6 is 0 Å². The van der Waals surface area contributed by atoms with Crippen molar-refractivity contribution < 1.29 is 14.2 Å². The number of carbonyl (C=O) groups is 2. The molecule has 4 rings (SSSR count). The van der Waals surface area contributed by atoms with Gasteiger partial charge in [0.05, 0.1) is 6.04 Å². The maximum atomic E-state index is 13.7. The van der Waals surface area contributed by atoms with E-state index in [1.165, 1.54) is 4.90 Å². The van der Waals surface area contributed by atoms with Gasteiger partial charge in [0.15, 0.2) is 30.4 Å². The lowest BCUT2D eigenvalue weighted by molar-refractivity contribution is -0.688. The third-order valence-electron chi connectivity index (χ3n) is 5.93. The van der Waals surface area contributed by atoms with Crippen molar-refractivity contribution in [3.63, 3.8) is 0 Å². The Morgan fingerprint density at radius 1 is 1.15 bits per heavy atom. The minimum Gasteiger partial charge on any atom is -0.364 e. The lowest BCUT2D eigenvalue weighted by atomic mass is 10.0. The lowest BCUT2D eigenvalue weighted by Gasteiger charge is -2.38. The molecule has 3 heterocycles. The molecule has 2 atom stereocenters. The fraction of sp³-hybridized carbons (Fsp3) is 0.320. The van der Waals surface area contributed by atoms with E-state index in [9.17, 15) is 14.4 Å². The molecule has 1 aromatic carbocycles. The first-order valence-corrected chi connectivity index (χ1v) is 11.3. The number of aromatic amines is 1. The highest BCUT2D eigenvalue weighted by molar-refractivity contribution is 6.08. The summed E-state index contributed by atoms with van der Waals surface area (Å²) in [4.78, 5) is 47.3. The van der Waals surface area contributed by atoms with Crippen molar-refractivity contribution in [2.75, 3.05) is 15.5 Å². The maximum Gasteiger partial charge on any atom is 0.278 e. The predicted molar refractivity (Wildman–Crippen MR) is 130 cm³/mol. The van der Waals surface area contributed by atoms with Gasteiger partial charge >= 0.3 is 0 Å². The summed E-state index contributed by atoms with van der Waals surface area (Å²) >= 11 is 0. The van der Waals surface area contributed by atoms with E-state index in [4.69, 9.17) is 0 Å². The zero-order valence-corrected chi connectivity index (χ0v) is 19.7. The van der Waals surface area contributed by atoms with Crippen LogP contribution in [0.15, 0.2) is 59.7 Å². The van der Waals surface area contributed by atoms with Gasteiger partial charge in [-0.3, -0.25) is 29.6 Å². The number of aromatic nitrogens is 3. The van der Waals surface area contributed by atoms with Crippen LogP contribution in [-0.2, 0) is 11.3 Å². The second-order valence-electron chi connectivity index (χ2n) is 8.86. The van der Waals surface area contributed by atoms with Crippen LogP contribution in [-0.4, -0.2) is 33.9 Å². The van der Waals surface area contributed by atoms with Gasteiger partial charge in [0.25, 0.3) is 11.5 Å². The highest BCUT2D eigenvalue weighted by Crippen LogP contribution is 2.31. The molecular formula is C25H29N6O3+. The van der Waals surface area contributed by atoms with Crippen molar-refractivity contribution >= 4 is 29.3 Å².